The molecule has 0 amide bonds. The monoisotopic (exact) mass is 364 g/mol. The van der Waals surface area contributed by atoms with E-state index in [9.17, 15) is 4.79 Å². The lowest BCUT2D eigenvalue weighted by atomic mass is 9.57. The highest BCUT2D eigenvalue weighted by Gasteiger charge is 2.45. The predicted molar refractivity (Wildman–Crippen MR) is 107 cm³/mol. The lowest BCUT2D eigenvalue weighted by Gasteiger charge is -2.46. The standard InChI is InChI=1S/C24H28O3/c1-15(25)23-21-13-12-18(27-3)14-22(21)19-6-4-5-7-20(19)24(23)16-8-10-17(26-2)11-9-16/h8-14,19-20,23-24H,4-7H2,1-3H3/t19-,20+,23+,24+/m1/s1. The number of rotatable bonds is 4. The molecule has 4 rings (SSSR count). The third-order valence-corrected chi connectivity index (χ3v) is 6.61. The largest absolute Gasteiger partial charge is 0.497 e. The molecule has 2 aromatic carbocycles. The van der Waals surface area contributed by atoms with E-state index in [-0.39, 0.29) is 17.6 Å². The molecule has 4 atom stereocenters. The zero-order valence-electron chi connectivity index (χ0n) is 16.4. The minimum atomic E-state index is -0.0846. The Bertz CT molecular complexity index is 824. The van der Waals surface area contributed by atoms with Gasteiger partial charge in [-0.3, -0.25) is 4.79 Å². The van der Waals surface area contributed by atoms with Crippen molar-refractivity contribution in [2.45, 2.75) is 50.4 Å². The Morgan fingerprint density at radius 1 is 0.889 bits per heavy atom. The van der Waals surface area contributed by atoms with Gasteiger partial charge in [-0.2, -0.15) is 0 Å². The molecule has 2 aliphatic carbocycles. The highest BCUT2D eigenvalue weighted by atomic mass is 16.5. The summed E-state index contributed by atoms with van der Waals surface area (Å²) in [6.07, 6.45) is 4.89. The van der Waals surface area contributed by atoms with Crippen LogP contribution in [-0.4, -0.2) is 20.0 Å². The van der Waals surface area contributed by atoms with E-state index >= 15 is 0 Å². The Morgan fingerprint density at radius 3 is 2.22 bits per heavy atom. The quantitative estimate of drug-likeness (QED) is 0.724. The molecule has 27 heavy (non-hydrogen) atoms. The van der Waals surface area contributed by atoms with E-state index in [2.05, 4.69) is 24.3 Å². The van der Waals surface area contributed by atoms with Crippen LogP contribution in [0.25, 0.3) is 0 Å². The number of benzene rings is 2. The fraction of sp³-hybridized carbons (Fsp3) is 0.458. The van der Waals surface area contributed by atoms with Crippen molar-refractivity contribution < 1.29 is 14.3 Å². The minimum Gasteiger partial charge on any atom is -0.497 e. The van der Waals surface area contributed by atoms with E-state index < -0.39 is 0 Å². The van der Waals surface area contributed by atoms with Gasteiger partial charge in [0.05, 0.1) is 14.2 Å². The Hall–Kier alpha value is -2.29. The average molecular weight is 364 g/mol. The molecule has 2 aromatic rings. The summed E-state index contributed by atoms with van der Waals surface area (Å²) in [6, 6.07) is 14.7. The van der Waals surface area contributed by atoms with E-state index in [1.54, 1.807) is 21.1 Å². The van der Waals surface area contributed by atoms with Gasteiger partial charge in [-0.25, -0.2) is 0 Å². The number of ketones is 1. The van der Waals surface area contributed by atoms with Gasteiger partial charge in [-0.05, 0) is 72.6 Å². The topological polar surface area (TPSA) is 35.5 Å². The highest BCUT2D eigenvalue weighted by Crippen LogP contribution is 2.57. The van der Waals surface area contributed by atoms with Gasteiger partial charge in [0.1, 0.15) is 17.3 Å². The molecule has 0 N–H and O–H groups in total. The maximum Gasteiger partial charge on any atom is 0.137 e. The van der Waals surface area contributed by atoms with Crippen molar-refractivity contribution >= 4 is 5.78 Å². The molecule has 0 aromatic heterocycles. The Labute approximate surface area is 161 Å². The van der Waals surface area contributed by atoms with Crippen molar-refractivity contribution in [3.05, 3.63) is 59.2 Å². The molecule has 2 aliphatic rings. The molecule has 0 spiro atoms. The summed E-state index contributed by atoms with van der Waals surface area (Å²) in [5.74, 6) is 3.17. The van der Waals surface area contributed by atoms with Crippen LogP contribution >= 0.6 is 0 Å². The van der Waals surface area contributed by atoms with Crippen molar-refractivity contribution in [1.82, 2.24) is 0 Å². The van der Waals surface area contributed by atoms with Gasteiger partial charge in [-0.15, -0.1) is 0 Å². The van der Waals surface area contributed by atoms with E-state index in [4.69, 9.17) is 9.47 Å². The van der Waals surface area contributed by atoms with Gasteiger partial charge in [0.15, 0.2) is 0 Å². The maximum absolute atomic E-state index is 12.8. The first kappa shape index (κ1) is 18.1. The Balaban J connectivity index is 1.86. The van der Waals surface area contributed by atoms with Crippen molar-refractivity contribution in [2.24, 2.45) is 5.92 Å². The molecule has 3 heteroatoms. The first-order valence-corrected chi connectivity index (χ1v) is 9.96. The molecule has 0 heterocycles. The smallest absolute Gasteiger partial charge is 0.137 e. The number of fused-ring (bicyclic) bond motifs is 3. The SMILES string of the molecule is COc1ccc([C@H]2[C@H]3CCCC[C@H]3c3cc(OC)ccc3[C@@H]2C(C)=O)cc1. The van der Waals surface area contributed by atoms with Gasteiger partial charge in [0.2, 0.25) is 0 Å². The van der Waals surface area contributed by atoms with E-state index in [0.29, 0.717) is 11.8 Å². The maximum atomic E-state index is 12.8. The van der Waals surface area contributed by atoms with Gasteiger partial charge in [-0.1, -0.05) is 31.0 Å². The first-order chi connectivity index (χ1) is 13.1. The van der Waals surface area contributed by atoms with Crippen LogP contribution in [0.15, 0.2) is 42.5 Å². The molecule has 0 saturated heterocycles. The number of carbonyl (C=O) groups is 1. The van der Waals surface area contributed by atoms with Gasteiger partial charge in [0.25, 0.3) is 0 Å². The molecule has 0 bridgehead atoms. The first-order valence-electron chi connectivity index (χ1n) is 9.96. The number of carbonyl (C=O) groups excluding carboxylic acids is 1. The number of hydrogen-bond acceptors (Lipinski definition) is 3. The van der Waals surface area contributed by atoms with Gasteiger partial charge >= 0.3 is 0 Å². The fourth-order valence-electron chi connectivity index (χ4n) is 5.44. The Kier molecular flexibility index (Phi) is 4.94. The van der Waals surface area contributed by atoms with E-state index in [1.165, 1.54) is 42.4 Å². The molecule has 0 radical (unpaired) electrons. The summed E-state index contributed by atoms with van der Waals surface area (Å²) in [5.41, 5.74) is 3.80. The molecular weight excluding hydrogens is 336 g/mol. The normalized spacial score (nSPS) is 26.6. The molecule has 0 aliphatic heterocycles. The van der Waals surface area contributed by atoms with Crippen LogP contribution in [0.5, 0.6) is 11.5 Å². The van der Waals surface area contributed by atoms with Crippen molar-refractivity contribution in [3.63, 3.8) is 0 Å². The van der Waals surface area contributed by atoms with E-state index in [1.807, 2.05) is 18.2 Å². The van der Waals surface area contributed by atoms with Crippen LogP contribution < -0.4 is 9.47 Å². The fourth-order valence-corrected chi connectivity index (χ4v) is 5.44. The second-order valence-electron chi connectivity index (χ2n) is 7.94. The zero-order chi connectivity index (χ0) is 19.0. The second-order valence-corrected chi connectivity index (χ2v) is 7.94. The van der Waals surface area contributed by atoms with Crippen molar-refractivity contribution in [2.75, 3.05) is 14.2 Å². The van der Waals surface area contributed by atoms with Crippen LogP contribution in [0, 0.1) is 5.92 Å². The predicted octanol–water partition coefficient (Wildman–Crippen LogP) is 5.45. The van der Waals surface area contributed by atoms with Crippen LogP contribution in [0.2, 0.25) is 0 Å². The third kappa shape index (κ3) is 3.13. The number of Topliss-reactive ketones (excluding diaryl/α,β-unsaturated/α-hetero) is 1. The third-order valence-electron chi connectivity index (χ3n) is 6.61. The average Bonchev–Trinajstić information content (AvgIpc) is 2.72. The number of methoxy groups -OCH3 is 2. The van der Waals surface area contributed by atoms with E-state index in [0.717, 1.165) is 11.5 Å². The summed E-state index contributed by atoms with van der Waals surface area (Å²) in [5, 5.41) is 0. The van der Waals surface area contributed by atoms with Gasteiger partial charge in [0, 0.05) is 11.8 Å². The summed E-state index contributed by atoms with van der Waals surface area (Å²) < 4.78 is 10.8. The van der Waals surface area contributed by atoms with Crippen LogP contribution in [0.1, 0.15) is 67.1 Å². The van der Waals surface area contributed by atoms with Crippen LogP contribution in [0.4, 0.5) is 0 Å². The van der Waals surface area contributed by atoms with Crippen LogP contribution in [0.3, 0.4) is 0 Å². The van der Waals surface area contributed by atoms with Crippen LogP contribution in [-0.2, 0) is 4.79 Å². The molecule has 142 valence electrons. The summed E-state index contributed by atoms with van der Waals surface area (Å²) in [6.45, 7) is 1.75. The summed E-state index contributed by atoms with van der Waals surface area (Å²) in [7, 11) is 3.40. The molecule has 1 saturated carbocycles. The van der Waals surface area contributed by atoms with Crippen molar-refractivity contribution in [1.29, 1.82) is 0 Å². The lowest BCUT2D eigenvalue weighted by Crippen LogP contribution is -2.36. The Morgan fingerprint density at radius 2 is 1.56 bits per heavy atom. The molecule has 3 nitrogen and oxygen atoms in total. The summed E-state index contributed by atoms with van der Waals surface area (Å²) >= 11 is 0. The zero-order valence-corrected chi connectivity index (χ0v) is 16.4. The second kappa shape index (κ2) is 7.38. The number of ether oxygens (including phenoxy) is 2. The highest BCUT2D eigenvalue weighted by molar-refractivity contribution is 5.86. The lowest BCUT2D eigenvalue weighted by molar-refractivity contribution is -0.119. The minimum absolute atomic E-state index is 0.0846. The molecule has 0 unspecified atom stereocenters. The summed E-state index contributed by atoms with van der Waals surface area (Å²) in [4.78, 5) is 12.8. The molecular formula is C24H28O3. The number of hydrogen-bond donors (Lipinski definition) is 0. The van der Waals surface area contributed by atoms with Crippen molar-refractivity contribution in [3.8, 4) is 11.5 Å². The molecule has 1 fully saturated rings. The van der Waals surface area contributed by atoms with Gasteiger partial charge < -0.3 is 9.47 Å².